The summed E-state index contributed by atoms with van der Waals surface area (Å²) in [5, 5.41) is 5.18. The standard InChI is InChI=1S/C17H23N3O3S/c1-11-8-16(12(2)19-11)17(21)10-20(4)13(3)14-6-5-7-15(9-14)24(18,22)23/h5-9,13,19H,10H2,1-4H3,(H2,18,22,23)/t13-/m0/s1. The highest BCUT2D eigenvalue weighted by Crippen LogP contribution is 2.22. The molecule has 0 saturated heterocycles. The molecule has 1 aromatic carbocycles. The molecular formula is C17H23N3O3S. The van der Waals surface area contributed by atoms with E-state index in [1.165, 1.54) is 6.07 Å². The van der Waals surface area contributed by atoms with Crippen LogP contribution in [-0.2, 0) is 10.0 Å². The van der Waals surface area contributed by atoms with Crippen LogP contribution in [0, 0.1) is 13.8 Å². The molecule has 0 aliphatic heterocycles. The van der Waals surface area contributed by atoms with Gasteiger partial charge in [0, 0.05) is 23.0 Å². The van der Waals surface area contributed by atoms with E-state index < -0.39 is 10.0 Å². The molecular weight excluding hydrogens is 326 g/mol. The van der Waals surface area contributed by atoms with Gasteiger partial charge in [-0.1, -0.05) is 12.1 Å². The minimum atomic E-state index is -3.74. The van der Waals surface area contributed by atoms with Crippen LogP contribution in [0.2, 0.25) is 0 Å². The van der Waals surface area contributed by atoms with E-state index >= 15 is 0 Å². The topological polar surface area (TPSA) is 96.3 Å². The number of hydrogen-bond donors (Lipinski definition) is 2. The Balaban J connectivity index is 2.16. The Hall–Kier alpha value is -1.96. The SMILES string of the molecule is Cc1cc(C(=O)CN(C)[C@@H](C)c2cccc(S(N)(=O)=O)c2)c(C)[nH]1. The minimum Gasteiger partial charge on any atom is -0.362 e. The molecule has 2 aromatic rings. The molecule has 1 aromatic heterocycles. The fraction of sp³-hybridized carbons (Fsp3) is 0.353. The number of aromatic amines is 1. The summed E-state index contributed by atoms with van der Waals surface area (Å²) in [5.74, 6) is 0.0220. The summed E-state index contributed by atoms with van der Waals surface area (Å²) in [5.41, 5.74) is 3.28. The zero-order chi connectivity index (χ0) is 18.1. The van der Waals surface area contributed by atoms with E-state index in [2.05, 4.69) is 4.98 Å². The van der Waals surface area contributed by atoms with Crippen molar-refractivity contribution in [3.05, 3.63) is 52.8 Å². The predicted octanol–water partition coefficient (Wildman–Crippen LogP) is 2.15. The molecule has 0 bridgehead atoms. The fourth-order valence-corrected chi connectivity index (χ4v) is 3.24. The Morgan fingerprint density at radius 1 is 1.29 bits per heavy atom. The smallest absolute Gasteiger partial charge is 0.238 e. The molecule has 0 aliphatic rings. The van der Waals surface area contributed by atoms with E-state index in [0.717, 1.165) is 17.0 Å². The number of aryl methyl sites for hydroxylation is 2. The van der Waals surface area contributed by atoms with Crippen LogP contribution < -0.4 is 5.14 Å². The van der Waals surface area contributed by atoms with Crippen LogP contribution in [0.5, 0.6) is 0 Å². The maximum Gasteiger partial charge on any atom is 0.238 e. The number of nitrogens with one attached hydrogen (secondary N) is 1. The third kappa shape index (κ3) is 4.11. The number of rotatable bonds is 6. The van der Waals surface area contributed by atoms with Gasteiger partial charge in [0.25, 0.3) is 0 Å². The summed E-state index contributed by atoms with van der Waals surface area (Å²) in [6, 6.07) is 8.20. The van der Waals surface area contributed by atoms with Gasteiger partial charge in [-0.25, -0.2) is 13.6 Å². The van der Waals surface area contributed by atoms with E-state index in [1.807, 2.05) is 44.9 Å². The number of sulfonamides is 1. The highest BCUT2D eigenvalue weighted by Gasteiger charge is 2.19. The number of primary sulfonamides is 1. The van der Waals surface area contributed by atoms with E-state index in [9.17, 15) is 13.2 Å². The van der Waals surface area contributed by atoms with Crippen LogP contribution in [-0.4, -0.2) is 37.7 Å². The highest BCUT2D eigenvalue weighted by molar-refractivity contribution is 7.89. The van der Waals surface area contributed by atoms with Gasteiger partial charge in [-0.05, 0) is 51.6 Å². The molecule has 0 spiro atoms. The Bertz CT molecular complexity index is 856. The van der Waals surface area contributed by atoms with Gasteiger partial charge in [-0.3, -0.25) is 9.69 Å². The lowest BCUT2D eigenvalue weighted by Gasteiger charge is -2.24. The zero-order valence-electron chi connectivity index (χ0n) is 14.3. The van der Waals surface area contributed by atoms with Crippen molar-refractivity contribution in [3.8, 4) is 0 Å². The average Bonchev–Trinajstić information content (AvgIpc) is 2.84. The summed E-state index contributed by atoms with van der Waals surface area (Å²) in [6.45, 7) is 5.94. The fourth-order valence-electron chi connectivity index (χ4n) is 2.67. The van der Waals surface area contributed by atoms with E-state index in [1.54, 1.807) is 12.1 Å². The second kappa shape index (κ2) is 6.88. The molecule has 0 aliphatic carbocycles. The van der Waals surface area contributed by atoms with Crippen molar-refractivity contribution >= 4 is 15.8 Å². The normalized spacial score (nSPS) is 13.2. The number of aromatic nitrogens is 1. The first-order valence-corrected chi connectivity index (χ1v) is 9.16. The molecule has 3 N–H and O–H groups in total. The largest absolute Gasteiger partial charge is 0.362 e. The van der Waals surface area contributed by atoms with Gasteiger partial charge < -0.3 is 4.98 Å². The van der Waals surface area contributed by atoms with Crippen molar-refractivity contribution < 1.29 is 13.2 Å². The van der Waals surface area contributed by atoms with Crippen LogP contribution in [0.1, 0.15) is 40.3 Å². The number of nitrogens with two attached hydrogens (primary N) is 1. The number of Topliss-reactive ketones (excluding diaryl/α,β-unsaturated/α-hetero) is 1. The minimum absolute atomic E-state index is 0.0220. The lowest BCUT2D eigenvalue weighted by Crippen LogP contribution is -2.29. The number of likely N-dealkylation sites (N-methyl/N-ethyl adjacent to an activating group) is 1. The van der Waals surface area contributed by atoms with Gasteiger partial charge in [-0.15, -0.1) is 0 Å². The third-order valence-corrected chi connectivity index (χ3v) is 5.08. The molecule has 0 unspecified atom stereocenters. The Morgan fingerprint density at radius 3 is 2.50 bits per heavy atom. The van der Waals surface area contributed by atoms with Crippen molar-refractivity contribution in [2.24, 2.45) is 5.14 Å². The van der Waals surface area contributed by atoms with Gasteiger partial charge in [0.15, 0.2) is 5.78 Å². The molecule has 24 heavy (non-hydrogen) atoms. The molecule has 0 amide bonds. The summed E-state index contributed by atoms with van der Waals surface area (Å²) in [4.78, 5) is 17.6. The Morgan fingerprint density at radius 2 is 1.96 bits per heavy atom. The summed E-state index contributed by atoms with van der Waals surface area (Å²) < 4.78 is 23.0. The van der Waals surface area contributed by atoms with E-state index in [0.29, 0.717) is 5.56 Å². The molecule has 0 saturated carbocycles. The van der Waals surface area contributed by atoms with Crippen LogP contribution in [0.4, 0.5) is 0 Å². The monoisotopic (exact) mass is 349 g/mol. The highest BCUT2D eigenvalue weighted by atomic mass is 32.2. The number of carbonyl (C=O) groups excluding carboxylic acids is 1. The summed E-state index contributed by atoms with van der Waals surface area (Å²) in [7, 11) is -1.91. The van der Waals surface area contributed by atoms with Crippen molar-refractivity contribution in [2.45, 2.75) is 31.7 Å². The number of H-pyrrole nitrogens is 1. The van der Waals surface area contributed by atoms with Gasteiger partial charge in [-0.2, -0.15) is 0 Å². The lowest BCUT2D eigenvalue weighted by atomic mass is 10.1. The predicted molar refractivity (Wildman–Crippen MR) is 93.5 cm³/mol. The molecule has 7 heteroatoms. The van der Waals surface area contributed by atoms with Crippen LogP contribution in [0.15, 0.2) is 35.2 Å². The average molecular weight is 349 g/mol. The maximum absolute atomic E-state index is 12.5. The quantitative estimate of drug-likeness (QED) is 0.781. The van der Waals surface area contributed by atoms with Gasteiger partial charge in [0.1, 0.15) is 0 Å². The number of carbonyl (C=O) groups is 1. The molecule has 0 radical (unpaired) electrons. The van der Waals surface area contributed by atoms with E-state index in [-0.39, 0.29) is 23.3 Å². The maximum atomic E-state index is 12.5. The number of hydrogen-bond acceptors (Lipinski definition) is 4. The van der Waals surface area contributed by atoms with Crippen molar-refractivity contribution in [2.75, 3.05) is 13.6 Å². The molecule has 130 valence electrons. The second-order valence-corrected chi connectivity index (χ2v) is 7.68. The molecule has 0 fully saturated rings. The first-order valence-electron chi connectivity index (χ1n) is 7.62. The molecule has 1 atom stereocenters. The molecule has 2 rings (SSSR count). The summed E-state index contributed by atoms with van der Waals surface area (Å²) in [6.07, 6.45) is 0. The molecule has 6 nitrogen and oxygen atoms in total. The first kappa shape index (κ1) is 18.4. The van der Waals surface area contributed by atoms with Crippen molar-refractivity contribution in [1.82, 2.24) is 9.88 Å². The molecule has 1 heterocycles. The van der Waals surface area contributed by atoms with Crippen LogP contribution in [0.25, 0.3) is 0 Å². The number of ketones is 1. The lowest BCUT2D eigenvalue weighted by molar-refractivity contribution is 0.0924. The van der Waals surface area contributed by atoms with Crippen molar-refractivity contribution in [3.63, 3.8) is 0 Å². The van der Waals surface area contributed by atoms with E-state index in [4.69, 9.17) is 5.14 Å². The Kier molecular flexibility index (Phi) is 5.27. The second-order valence-electron chi connectivity index (χ2n) is 6.12. The Labute approximate surface area is 142 Å². The van der Waals surface area contributed by atoms with Crippen LogP contribution >= 0.6 is 0 Å². The van der Waals surface area contributed by atoms with Gasteiger partial charge in [0.2, 0.25) is 10.0 Å². The number of benzene rings is 1. The third-order valence-electron chi connectivity index (χ3n) is 4.17. The van der Waals surface area contributed by atoms with Gasteiger partial charge >= 0.3 is 0 Å². The number of nitrogens with zero attached hydrogens (tertiary/aromatic N) is 1. The van der Waals surface area contributed by atoms with Crippen molar-refractivity contribution in [1.29, 1.82) is 0 Å². The van der Waals surface area contributed by atoms with Crippen LogP contribution in [0.3, 0.4) is 0 Å². The van der Waals surface area contributed by atoms with Gasteiger partial charge in [0.05, 0.1) is 11.4 Å². The first-order chi connectivity index (χ1) is 11.1. The zero-order valence-corrected chi connectivity index (χ0v) is 15.1. The summed E-state index contributed by atoms with van der Waals surface area (Å²) >= 11 is 0.